The lowest BCUT2D eigenvalue weighted by atomic mass is 9.99. The molecule has 0 aliphatic heterocycles. The second-order valence-corrected chi connectivity index (χ2v) is 5.02. The Morgan fingerprint density at radius 3 is 2.50 bits per heavy atom. The standard InChI is InChI=1S/C14H18O2/c1-9(2)10-3-5-11(6-4-10)13-7-12(13)8-14(15)16/h3-6,9,12-13H,7-8H2,1-2H3,(H,15,16). The molecule has 0 amide bonds. The van der Waals surface area contributed by atoms with E-state index in [-0.39, 0.29) is 0 Å². The smallest absolute Gasteiger partial charge is 0.303 e. The summed E-state index contributed by atoms with van der Waals surface area (Å²) in [4.78, 5) is 10.6. The van der Waals surface area contributed by atoms with Gasteiger partial charge in [0.2, 0.25) is 0 Å². The minimum Gasteiger partial charge on any atom is -0.481 e. The molecular formula is C14H18O2. The van der Waals surface area contributed by atoms with Crippen molar-refractivity contribution in [3.8, 4) is 0 Å². The van der Waals surface area contributed by atoms with Gasteiger partial charge in [0.1, 0.15) is 0 Å². The first-order valence-electron chi connectivity index (χ1n) is 5.89. The average molecular weight is 218 g/mol. The molecule has 2 heteroatoms. The molecule has 2 rings (SSSR count). The number of carbonyl (C=O) groups is 1. The van der Waals surface area contributed by atoms with Crippen LogP contribution in [0.25, 0.3) is 0 Å². The van der Waals surface area contributed by atoms with Crippen molar-refractivity contribution in [2.24, 2.45) is 5.92 Å². The van der Waals surface area contributed by atoms with E-state index in [0.717, 1.165) is 6.42 Å². The maximum atomic E-state index is 10.6. The summed E-state index contributed by atoms with van der Waals surface area (Å²) in [6.07, 6.45) is 1.35. The first-order chi connectivity index (χ1) is 7.58. The van der Waals surface area contributed by atoms with Gasteiger partial charge in [-0.1, -0.05) is 38.1 Å². The van der Waals surface area contributed by atoms with E-state index in [4.69, 9.17) is 5.11 Å². The third-order valence-electron chi connectivity index (χ3n) is 3.39. The fourth-order valence-corrected chi connectivity index (χ4v) is 2.23. The van der Waals surface area contributed by atoms with E-state index >= 15 is 0 Å². The molecule has 2 unspecified atom stereocenters. The highest BCUT2D eigenvalue weighted by Crippen LogP contribution is 2.49. The summed E-state index contributed by atoms with van der Waals surface area (Å²) in [5, 5.41) is 8.71. The van der Waals surface area contributed by atoms with Gasteiger partial charge in [-0.05, 0) is 35.3 Å². The van der Waals surface area contributed by atoms with Crippen molar-refractivity contribution < 1.29 is 9.90 Å². The number of benzene rings is 1. The van der Waals surface area contributed by atoms with E-state index in [2.05, 4.69) is 38.1 Å². The van der Waals surface area contributed by atoms with Gasteiger partial charge in [0.15, 0.2) is 0 Å². The molecule has 0 radical (unpaired) electrons. The van der Waals surface area contributed by atoms with Crippen LogP contribution in [0.15, 0.2) is 24.3 Å². The Morgan fingerprint density at radius 2 is 2.00 bits per heavy atom. The van der Waals surface area contributed by atoms with Crippen molar-refractivity contribution in [1.82, 2.24) is 0 Å². The molecule has 0 saturated heterocycles. The first-order valence-corrected chi connectivity index (χ1v) is 5.89. The third-order valence-corrected chi connectivity index (χ3v) is 3.39. The van der Waals surface area contributed by atoms with Crippen LogP contribution in [0.1, 0.15) is 49.7 Å². The fraction of sp³-hybridized carbons (Fsp3) is 0.500. The minimum atomic E-state index is -0.675. The van der Waals surface area contributed by atoms with Gasteiger partial charge in [-0.15, -0.1) is 0 Å². The van der Waals surface area contributed by atoms with E-state index in [1.165, 1.54) is 11.1 Å². The normalized spacial score (nSPS) is 23.4. The Morgan fingerprint density at radius 1 is 1.38 bits per heavy atom. The van der Waals surface area contributed by atoms with Gasteiger partial charge in [-0.3, -0.25) is 4.79 Å². The predicted octanol–water partition coefficient (Wildman–Crippen LogP) is 3.39. The Balaban J connectivity index is 1.99. The van der Waals surface area contributed by atoms with Gasteiger partial charge in [0.25, 0.3) is 0 Å². The number of hydrogen-bond donors (Lipinski definition) is 1. The van der Waals surface area contributed by atoms with E-state index in [1.807, 2.05) is 0 Å². The lowest BCUT2D eigenvalue weighted by Gasteiger charge is -2.06. The molecule has 1 N–H and O–H groups in total. The van der Waals surface area contributed by atoms with Gasteiger partial charge in [-0.25, -0.2) is 0 Å². The molecule has 86 valence electrons. The molecule has 0 bridgehead atoms. The van der Waals surface area contributed by atoms with Crippen molar-refractivity contribution in [3.63, 3.8) is 0 Å². The van der Waals surface area contributed by atoms with Crippen molar-refractivity contribution in [1.29, 1.82) is 0 Å². The summed E-state index contributed by atoms with van der Waals surface area (Å²) in [5.41, 5.74) is 2.65. The SMILES string of the molecule is CC(C)c1ccc(C2CC2CC(=O)O)cc1. The van der Waals surface area contributed by atoms with E-state index in [9.17, 15) is 4.79 Å². The highest BCUT2D eigenvalue weighted by molar-refractivity contribution is 5.67. The van der Waals surface area contributed by atoms with Crippen LogP contribution in [-0.4, -0.2) is 11.1 Å². The van der Waals surface area contributed by atoms with Crippen LogP contribution < -0.4 is 0 Å². The molecule has 0 aromatic heterocycles. The van der Waals surface area contributed by atoms with Crippen LogP contribution in [-0.2, 0) is 4.79 Å². The maximum absolute atomic E-state index is 10.6. The monoisotopic (exact) mass is 218 g/mol. The Hall–Kier alpha value is -1.31. The fourth-order valence-electron chi connectivity index (χ4n) is 2.23. The highest BCUT2D eigenvalue weighted by Gasteiger charge is 2.39. The van der Waals surface area contributed by atoms with Crippen LogP contribution in [0.4, 0.5) is 0 Å². The van der Waals surface area contributed by atoms with Crippen LogP contribution in [0.2, 0.25) is 0 Å². The van der Waals surface area contributed by atoms with Crippen molar-refractivity contribution in [3.05, 3.63) is 35.4 Å². The molecule has 1 aromatic rings. The quantitative estimate of drug-likeness (QED) is 0.841. The van der Waals surface area contributed by atoms with Gasteiger partial charge in [-0.2, -0.15) is 0 Å². The summed E-state index contributed by atoms with van der Waals surface area (Å²) >= 11 is 0. The van der Waals surface area contributed by atoms with Gasteiger partial charge < -0.3 is 5.11 Å². The van der Waals surface area contributed by atoms with Gasteiger partial charge in [0.05, 0.1) is 0 Å². The molecule has 1 aromatic carbocycles. The molecule has 2 atom stereocenters. The first kappa shape index (κ1) is 11.2. The van der Waals surface area contributed by atoms with Crippen molar-refractivity contribution in [2.75, 3.05) is 0 Å². The molecule has 0 heterocycles. The van der Waals surface area contributed by atoms with Crippen LogP contribution in [0.5, 0.6) is 0 Å². The third kappa shape index (κ3) is 2.43. The Bertz CT molecular complexity index is 378. The summed E-state index contributed by atoms with van der Waals surface area (Å²) in [6, 6.07) is 8.63. The molecular weight excluding hydrogens is 200 g/mol. The zero-order valence-corrected chi connectivity index (χ0v) is 9.81. The second-order valence-electron chi connectivity index (χ2n) is 5.02. The lowest BCUT2D eigenvalue weighted by Crippen LogP contribution is -1.96. The Kier molecular flexibility index (Phi) is 2.99. The van der Waals surface area contributed by atoms with Crippen molar-refractivity contribution in [2.45, 2.75) is 38.5 Å². The molecule has 0 spiro atoms. The van der Waals surface area contributed by atoms with Gasteiger partial charge in [0, 0.05) is 6.42 Å². The number of hydrogen-bond acceptors (Lipinski definition) is 1. The Labute approximate surface area is 96.3 Å². The van der Waals surface area contributed by atoms with E-state index in [1.54, 1.807) is 0 Å². The van der Waals surface area contributed by atoms with E-state index < -0.39 is 5.97 Å². The zero-order valence-electron chi connectivity index (χ0n) is 9.81. The van der Waals surface area contributed by atoms with Crippen molar-refractivity contribution >= 4 is 5.97 Å². The maximum Gasteiger partial charge on any atom is 0.303 e. The van der Waals surface area contributed by atoms with Crippen LogP contribution in [0, 0.1) is 5.92 Å². The molecule has 1 aliphatic carbocycles. The lowest BCUT2D eigenvalue weighted by molar-refractivity contribution is -0.137. The number of aliphatic carboxylic acids is 1. The average Bonchev–Trinajstić information content (AvgIpc) is 2.96. The predicted molar refractivity (Wildman–Crippen MR) is 63.6 cm³/mol. The number of carboxylic acid groups (broad SMARTS) is 1. The minimum absolute atomic E-state index is 0.316. The van der Waals surface area contributed by atoms with Crippen LogP contribution in [0.3, 0.4) is 0 Å². The molecule has 1 saturated carbocycles. The second kappa shape index (κ2) is 4.28. The topological polar surface area (TPSA) is 37.3 Å². The summed E-state index contributed by atoms with van der Waals surface area (Å²) in [7, 11) is 0. The summed E-state index contributed by atoms with van der Waals surface area (Å²) < 4.78 is 0. The molecule has 16 heavy (non-hydrogen) atoms. The number of rotatable bonds is 4. The van der Waals surface area contributed by atoms with E-state index in [0.29, 0.717) is 24.2 Å². The highest BCUT2D eigenvalue weighted by atomic mass is 16.4. The largest absolute Gasteiger partial charge is 0.481 e. The number of carboxylic acids is 1. The zero-order chi connectivity index (χ0) is 11.7. The summed E-state index contributed by atoms with van der Waals surface area (Å²) in [5.74, 6) is 0.731. The molecule has 1 fully saturated rings. The van der Waals surface area contributed by atoms with Crippen LogP contribution >= 0.6 is 0 Å². The van der Waals surface area contributed by atoms with Gasteiger partial charge >= 0.3 is 5.97 Å². The summed E-state index contributed by atoms with van der Waals surface area (Å²) in [6.45, 7) is 4.36. The molecule has 2 nitrogen and oxygen atoms in total. The molecule has 1 aliphatic rings.